The minimum atomic E-state index is -4.53. The van der Waals surface area contributed by atoms with Crippen LogP contribution in [0.5, 0.6) is 0 Å². The molecule has 0 aromatic carbocycles. The van der Waals surface area contributed by atoms with Crippen LogP contribution in [0.3, 0.4) is 0 Å². The molecule has 0 aliphatic heterocycles. The highest BCUT2D eigenvalue weighted by Gasteiger charge is 2.35. The number of nitrogens with zero attached hydrogens (tertiary/aromatic N) is 5. The van der Waals surface area contributed by atoms with Crippen molar-refractivity contribution in [3.05, 3.63) is 34.3 Å². The molecule has 9 heteroatoms. The number of fused-ring (bicyclic) bond motifs is 1. The van der Waals surface area contributed by atoms with E-state index in [4.69, 9.17) is 0 Å². The summed E-state index contributed by atoms with van der Waals surface area (Å²) in [7, 11) is 1.70. The van der Waals surface area contributed by atoms with Crippen LogP contribution in [0, 0.1) is 6.92 Å². The number of hydrogen-bond donors (Lipinski definition) is 0. The second-order valence-electron chi connectivity index (χ2n) is 4.56. The highest BCUT2D eigenvalue weighted by Crippen LogP contribution is 2.33. The van der Waals surface area contributed by atoms with E-state index in [-0.39, 0.29) is 11.3 Å². The molecule has 0 saturated carbocycles. The molecule has 0 amide bonds. The van der Waals surface area contributed by atoms with E-state index >= 15 is 0 Å². The van der Waals surface area contributed by atoms with E-state index in [9.17, 15) is 13.2 Å². The topological polar surface area (TPSA) is 48.0 Å². The predicted octanol–water partition coefficient (Wildman–Crippen LogP) is 3.22. The molecule has 0 aliphatic carbocycles. The molecule has 0 N–H and O–H groups in total. The first-order chi connectivity index (χ1) is 9.75. The summed E-state index contributed by atoms with van der Waals surface area (Å²) in [5.74, 6) is 0. The molecule has 0 saturated heterocycles. The third kappa shape index (κ3) is 2.41. The first kappa shape index (κ1) is 14.1. The molecular formula is C12H9BrF3N5. The van der Waals surface area contributed by atoms with Crippen molar-refractivity contribution in [2.75, 3.05) is 0 Å². The average molecular weight is 360 g/mol. The maximum Gasteiger partial charge on any atom is 0.433 e. The van der Waals surface area contributed by atoms with Crippen LogP contribution in [0.25, 0.3) is 16.9 Å². The lowest BCUT2D eigenvalue weighted by Gasteiger charge is -2.10. The van der Waals surface area contributed by atoms with Crippen LogP contribution < -0.4 is 0 Å². The molecule has 3 aromatic heterocycles. The normalized spacial score (nSPS) is 12.3. The monoisotopic (exact) mass is 359 g/mol. The standard InChI is InChI=1S/C12H9BrF3N5/c1-6-7(5-20(2)18-6)8-3-9(12(14,15)16)21-11(17-8)4-10(13)19-21/h3-5H,1-2H3. The summed E-state index contributed by atoms with van der Waals surface area (Å²) < 4.78 is 42.2. The third-order valence-electron chi connectivity index (χ3n) is 2.98. The Labute approximate surface area is 125 Å². The minimum absolute atomic E-state index is 0.120. The molecule has 5 nitrogen and oxygen atoms in total. The van der Waals surface area contributed by atoms with Crippen LogP contribution in [-0.2, 0) is 13.2 Å². The van der Waals surface area contributed by atoms with Gasteiger partial charge in [0.1, 0.15) is 4.60 Å². The van der Waals surface area contributed by atoms with Crippen molar-refractivity contribution >= 4 is 21.6 Å². The maximum absolute atomic E-state index is 13.2. The van der Waals surface area contributed by atoms with E-state index in [2.05, 4.69) is 31.1 Å². The van der Waals surface area contributed by atoms with Gasteiger partial charge in [-0.3, -0.25) is 4.68 Å². The lowest BCUT2D eigenvalue weighted by Crippen LogP contribution is -2.13. The van der Waals surface area contributed by atoms with Gasteiger partial charge in [-0.1, -0.05) is 0 Å². The van der Waals surface area contributed by atoms with E-state index in [1.807, 2.05) is 0 Å². The van der Waals surface area contributed by atoms with Gasteiger partial charge in [-0.2, -0.15) is 23.4 Å². The van der Waals surface area contributed by atoms with Gasteiger partial charge in [0.25, 0.3) is 0 Å². The van der Waals surface area contributed by atoms with E-state index in [0.717, 1.165) is 10.6 Å². The molecule has 0 bridgehead atoms. The van der Waals surface area contributed by atoms with Gasteiger partial charge in [0.15, 0.2) is 11.3 Å². The Balaban J connectivity index is 2.32. The zero-order chi connectivity index (χ0) is 15.4. The molecule has 3 heterocycles. The fraction of sp³-hybridized carbons (Fsp3) is 0.250. The lowest BCUT2D eigenvalue weighted by molar-refractivity contribution is -0.142. The molecule has 21 heavy (non-hydrogen) atoms. The Morgan fingerprint density at radius 2 is 1.90 bits per heavy atom. The van der Waals surface area contributed by atoms with Gasteiger partial charge in [0.05, 0.1) is 11.4 Å². The molecule has 0 aliphatic rings. The van der Waals surface area contributed by atoms with E-state index in [1.54, 1.807) is 20.2 Å². The fourth-order valence-corrected chi connectivity index (χ4v) is 2.50. The summed E-state index contributed by atoms with van der Waals surface area (Å²) in [6.45, 7) is 1.72. The Kier molecular flexibility index (Phi) is 3.05. The molecule has 110 valence electrons. The van der Waals surface area contributed by atoms with Gasteiger partial charge >= 0.3 is 6.18 Å². The summed E-state index contributed by atoms with van der Waals surface area (Å²) in [6, 6.07) is 2.42. The van der Waals surface area contributed by atoms with Crippen molar-refractivity contribution in [2.24, 2.45) is 7.05 Å². The predicted molar refractivity (Wildman–Crippen MR) is 72.6 cm³/mol. The van der Waals surface area contributed by atoms with Crippen molar-refractivity contribution in [3.8, 4) is 11.3 Å². The van der Waals surface area contributed by atoms with Crippen molar-refractivity contribution in [1.82, 2.24) is 24.4 Å². The van der Waals surface area contributed by atoms with Gasteiger partial charge in [0.2, 0.25) is 0 Å². The van der Waals surface area contributed by atoms with Crippen LogP contribution in [0.2, 0.25) is 0 Å². The van der Waals surface area contributed by atoms with Crippen molar-refractivity contribution in [1.29, 1.82) is 0 Å². The number of aryl methyl sites for hydroxylation is 2. The van der Waals surface area contributed by atoms with Crippen LogP contribution in [0.15, 0.2) is 22.9 Å². The Hall–Kier alpha value is -1.90. The fourth-order valence-electron chi connectivity index (χ4n) is 2.14. The van der Waals surface area contributed by atoms with E-state index in [0.29, 0.717) is 15.9 Å². The SMILES string of the molecule is Cc1nn(C)cc1-c1cc(C(F)(F)F)n2nc(Br)cc2n1. The summed E-state index contributed by atoms with van der Waals surface area (Å²) in [5.41, 5.74) is 0.628. The van der Waals surface area contributed by atoms with E-state index in [1.165, 1.54) is 10.7 Å². The Bertz CT molecular complexity index is 833. The molecule has 0 spiro atoms. The zero-order valence-corrected chi connectivity index (χ0v) is 12.6. The number of alkyl halides is 3. The second-order valence-corrected chi connectivity index (χ2v) is 5.38. The highest BCUT2D eigenvalue weighted by atomic mass is 79.9. The van der Waals surface area contributed by atoms with Crippen molar-refractivity contribution < 1.29 is 13.2 Å². The lowest BCUT2D eigenvalue weighted by atomic mass is 10.1. The quantitative estimate of drug-likeness (QED) is 0.670. The number of rotatable bonds is 1. The molecule has 3 rings (SSSR count). The molecule has 0 fully saturated rings. The van der Waals surface area contributed by atoms with Crippen molar-refractivity contribution in [2.45, 2.75) is 13.1 Å². The van der Waals surface area contributed by atoms with Gasteiger partial charge < -0.3 is 0 Å². The summed E-state index contributed by atoms with van der Waals surface area (Å²) in [5, 5.41) is 7.90. The Morgan fingerprint density at radius 3 is 2.48 bits per heavy atom. The second kappa shape index (κ2) is 4.55. The average Bonchev–Trinajstić information content (AvgIpc) is 2.87. The number of hydrogen-bond acceptors (Lipinski definition) is 3. The maximum atomic E-state index is 13.2. The Morgan fingerprint density at radius 1 is 1.19 bits per heavy atom. The largest absolute Gasteiger partial charge is 0.433 e. The summed E-state index contributed by atoms with van der Waals surface area (Å²) in [6.07, 6.45) is -2.89. The summed E-state index contributed by atoms with van der Waals surface area (Å²) >= 11 is 3.07. The number of aromatic nitrogens is 5. The molecule has 0 atom stereocenters. The molecular weight excluding hydrogens is 351 g/mol. The van der Waals surface area contributed by atoms with Crippen LogP contribution >= 0.6 is 15.9 Å². The molecule has 0 unspecified atom stereocenters. The van der Waals surface area contributed by atoms with Crippen molar-refractivity contribution in [3.63, 3.8) is 0 Å². The van der Waals surface area contributed by atoms with Crippen LogP contribution in [0.4, 0.5) is 13.2 Å². The van der Waals surface area contributed by atoms with Gasteiger partial charge in [0, 0.05) is 24.9 Å². The van der Waals surface area contributed by atoms with E-state index < -0.39 is 11.9 Å². The molecule has 0 radical (unpaired) electrons. The first-order valence-electron chi connectivity index (χ1n) is 5.90. The van der Waals surface area contributed by atoms with Crippen LogP contribution in [-0.4, -0.2) is 24.4 Å². The van der Waals surface area contributed by atoms with Crippen LogP contribution in [0.1, 0.15) is 11.4 Å². The summed E-state index contributed by atoms with van der Waals surface area (Å²) in [4.78, 5) is 4.23. The zero-order valence-electron chi connectivity index (χ0n) is 11.0. The smallest absolute Gasteiger partial charge is 0.275 e. The van der Waals surface area contributed by atoms with Gasteiger partial charge in [-0.25, -0.2) is 9.50 Å². The minimum Gasteiger partial charge on any atom is -0.275 e. The third-order valence-corrected chi connectivity index (χ3v) is 3.36. The first-order valence-corrected chi connectivity index (χ1v) is 6.69. The van der Waals surface area contributed by atoms with Gasteiger partial charge in [-0.15, -0.1) is 0 Å². The molecule has 3 aromatic rings. The number of halogens is 4. The van der Waals surface area contributed by atoms with Gasteiger partial charge in [-0.05, 0) is 28.9 Å². The highest BCUT2D eigenvalue weighted by molar-refractivity contribution is 9.10.